The number of hydrogen-bond acceptors (Lipinski definition) is 3. The van der Waals surface area contributed by atoms with Crippen molar-refractivity contribution in [3.8, 4) is 0 Å². The molecule has 0 aliphatic rings. The van der Waals surface area contributed by atoms with E-state index in [4.69, 9.17) is 10.9 Å². The van der Waals surface area contributed by atoms with Crippen molar-refractivity contribution in [2.24, 2.45) is 17.9 Å². The molecule has 14 heavy (non-hydrogen) atoms. The predicted octanol–water partition coefficient (Wildman–Crippen LogP) is 0.832. The number of oxime groups is 1. The highest BCUT2D eigenvalue weighted by atomic mass is 16.4. The Hall–Kier alpha value is -1.52. The molecule has 0 aromatic carbocycles. The van der Waals surface area contributed by atoms with Crippen LogP contribution in [-0.2, 0) is 13.5 Å². The van der Waals surface area contributed by atoms with E-state index >= 15 is 0 Å². The Morgan fingerprint density at radius 3 is 2.86 bits per heavy atom. The second-order valence-electron chi connectivity index (χ2n) is 3.60. The monoisotopic (exact) mass is 196 g/mol. The molecule has 0 saturated heterocycles. The molecule has 3 N–H and O–H groups in total. The molecule has 0 atom stereocenters. The summed E-state index contributed by atoms with van der Waals surface area (Å²) < 4.78 is 1.82. The van der Waals surface area contributed by atoms with Crippen LogP contribution >= 0.6 is 0 Å². The van der Waals surface area contributed by atoms with E-state index in [1.807, 2.05) is 11.7 Å². The molecule has 1 heterocycles. The van der Waals surface area contributed by atoms with E-state index in [2.05, 4.69) is 24.1 Å². The molecular formula is C9H16N4O. The highest BCUT2D eigenvalue weighted by Gasteiger charge is 2.12. The maximum absolute atomic E-state index is 8.47. The predicted molar refractivity (Wildman–Crippen MR) is 54.4 cm³/mol. The molecule has 1 aromatic heterocycles. The molecule has 5 nitrogen and oxygen atoms in total. The van der Waals surface area contributed by atoms with Gasteiger partial charge >= 0.3 is 0 Å². The van der Waals surface area contributed by atoms with Gasteiger partial charge in [-0.2, -0.15) is 5.10 Å². The van der Waals surface area contributed by atoms with Gasteiger partial charge < -0.3 is 10.9 Å². The molecule has 0 aliphatic heterocycles. The van der Waals surface area contributed by atoms with Crippen molar-refractivity contribution in [1.29, 1.82) is 0 Å². The molecule has 0 radical (unpaired) electrons. The summed E-state index contributed by atoms with van der Waals surface area (Å²) >= 11 is 0. The first-order valence-corrected chi connectivity index (χ1v) is 4.53. The highest BCUT2D eigenvalue weighted by Crippen LogP contribution is 2.18. The van der Waals surface area contributed by atoms with Crippen molar-refractivity contribution in [2.45, 2.75) is 26.2 Å². The molecule has 0 unspecified atom stereocenters. The molecule has 1 aromatic rings. The lowest BCUT2D eigenvalue weighted by molar-refractivity contribution is 0.317. The smallest absolute Gasteiger partial charge is 0.143 e. The maximum Gasteiger partial charge on any atom is 0.143 e. The van der Waals surface area contributed by atoms with Crippen LogP contribution in [0.3, 0.4) is 0 Å². The third kappa shape index (κ3) is 2.04. The SMILES string of the molecule is CC(C)c1c(C/C(N)=N/O)cnn1C. The number of nitrogens with zero attached hydrogens (tertiary/aromatic N) is 3. The minimum Gasteiger partial charge on any atom is -0.409 e. The second kappa shape index (κ2) is 4.13. The molecule has 0 spiro atoms. The number of aryl methyl sites for hydroxylation is 1. The largest absolute Gasteiger partial charge is 0.409 e. The van der Waals surface area contributed by atoms with Gasteiger partial charge in [0.2, 0.25) is 0 Å². The van der Waals surface area contributed by atoms with E-state index in [1.54, 1.807) is 6.20 Å². The average Bonchev–Trinajstić information content (AvgIpc) is 2.46. The van der Waals surface area contributed by atoms with Gasteiger partial charge in [-0.3, -0.25) is 4.68 Å². The van der Waals surface area contributed by atoms with E-state index in [-0.39, 0.29) is 5.84 Å². The number of hydrogen-bond donors (Lipinski definition) is 2. The highest BCUT2D eigenvalue weighted by molar-refractivity contribution is 5.82. The van der Waals surface area contributed by atoms with Gasteiger partial charge in [0.1, 0.15) is 5.84 Å². The molecule has 0 amide bonds. The van der Waals surface area contributed by atoms with Gasteiger partial charge in [-0.25, -0.2) is 0 Å². The molecule has 5 heteroatoms. The lowest BCUT2D eigenvalue weighted by Gasteiger charge is -2.08. The molecule has 0 bridgehead atoms. The van der Waals surface area contributed by atoms with Crippen LogP contribution in [0.4, 0.5) is 0 Å². The molecule has 0 fully saturated rings. The van der Waals surface area contributed by atoms with Gasteiger partial charge in [-0.15, -0.1) is 0 Å². The normalized spacial score (nSPS) is 12.4. The number of rotatable bonds is 3. The van der Waals surface area contributed by atoms with Gasteiger partial charge in [-0.1, -0.05) is 19.0 Å². The first-order chi connectivity index (χ1) is 6.56. The van der Waals surface area contributed by atoms with Gasteiger partial charge in [0.25, 0.3) is 0 Å². The van der Waals surface area contributed by atoms with Gasteiger partial charge in [0.05, 0.1) is 6.20 Å². The van der Waals surface area contributed by atoms with Crippen molar-refractivity contribution in [3.05, 3.63) is 17.5 Å². The summed E-state index contributed by atoms with van der Waals surface area (Å²) in [6, 6.07) is 0. The zero-order valence-electron chi connectivity index (χ0n) is 8.73. The van der Waals surface area contributed by atoms with Gasteiger partial charge in [0.15, 0.2) is 0 Å². The summed E-state index contributed by atoms with van der Waals surface area (Å²) in [7, 11) is 1.89. The number of nitrogens with two attached hydrogens (primary N) is 1. The Morgan fingerprint density at radius 1 is 1.71 bits per heavy atom. The first-order valence-electron chi connectivity index (χ1n) is 4.53. The van der Waals surface area contributed by atoms with Gasteiger partial charge in [0, 0.05) is 24.7 Å². The molecule has 0 aliphatic carbocycles. The Kier molecular flexibility index (Phi) is 3.11. The second-order valence-corrected chi connectivity index (χ2v) is 3.60. The van der Waals surface area contributed by atoms with Crippen LogP contribution in [0.25, 0.3) is 0 Å². The van der Waals surface area contributed by atoms with Crippen molar-refractivity contribution in [2.75, 3.05) is 0 Å². The Bertz CT molecular complexity index is 341. The fraction of sp³-hybridized carbons (Fsp3) is 0.556. The van der Waals surface area contributed by atoms with E-state index < -0.39 is 0 Å². The zero-order valence-corrected chi connectivity index (χ0v) is 8.73. The van der Waals surface area contributed by atoms with Crippen molar-refractivity contribution >= 4 is 5.84 Å². The lowest BCUT2D eigenvalue weighted by atomic mass is 10.0. The third-order valence-corrected chi connectivity index (χ3v) is 2.11. The minimum atomic E-state index is 0.208. The van der Waals surface area contributed by atoms with Crippen LogP contribution in [0, 0.1) is 0 Å². The van der Waals surface area contributed by atoms with E-state index in [0.29, 0.717) is 12.3 Å². The van der Waals surface area contributed by atoms with E-state index in [9.17, 15) is 0 Å². The average molecular weight is 196 g/mol. The van der Waals surface area contributed by atoms with Crippen molar-refractivity contribution in [3.63, 3.8) is 0 Å². The van der Waals surface area contributed by atoms with Gasteiger partial charge in [-0.05, 0) is 5.92 Å². The van der Waals surface area contributed by atoms with E-state index in [0.717, 1.165) is 11.3 Å². The van der Waals surface area contributed by atoms with E-state index in [1.165, 1.54) is 0 Å². The van der Waals surface area contributed by atoms with Crippen LogP contribution < -0.4 is 5.73 Å². The summed E-state index contributed by atoms with van der Waals surface area (Å²) in [5.41, 5.74) is 7.58. The van der Waals surface area contributed by atoms with Crippen LogP contribution in [0.2, 0.25) is 0 Å². The Morgan fingerprint density at radius 2 is 2.36 bits per heavy atom. The molecular weight excluding hydrogens is 180 g/mol. The molecule has 1 rings (SSSR count). The van der Waals surface area contributed by atoms with Crippen LogP contribution in [0.1, 0.15) is 31.0 Å². The fourth-order valence-corrected chi connectivity index (χ4v) is 1.60. The van der Waals surface area contributed by atoms with Crippen molar-refractivity contribution < 1.29 is 5.21 Å². The fourth-order valence-electron chi connectivity index (χ4n) is 1.60. The summed E-state index contributed by atoms with van der Waals surface area (Å²) in [6.45, 7) is 4.18. The Labute approximate surface area is 83.2 Å². The Balaban J connectivity index is 2.98. The summed E-state index contributed by atoms with van der Waals surface area (Å²) in [5.74, 6) is 0.587. The number of amidine groups is 1. The number of aromatic nitrogens is 2. The van der Waals surface area contributed by atoms with Crippen LogP contribution in [0.15, 0.2) is 11.4 Å². The standard InChI is InChI=1S/C9H16N4O/c1-6(2)9-7(4-8(10)12-14)5-11-13(9)3/h5-6,14H,4H2,1-3H3,(H2,10,12). The molecule has 78 valence electrons. The lowest BCUT2D eigenvalue weighted by Crippen LogP contribution is -2.16. The maximum atomic E-state index is 8.47. The van der Waals surface area contributed by atoms with Crippen LogP contribution in [0.5, 0.6) is 0 Å². The summed E-state index contributed by atoms with van der Waals surface area (Å²) in [5, 5.41) is 15.6. The third-order valence-electron chi connectivity index (χ3n) is 2.11. The molecule has 0 saturated carbocycles. The summed E-state index contributed by atoms with van der Waals surface area (Å²) in [6.07, 6.45) is 2.20. The minimum absolute atomic E-state index is 0.208. The topological polar surface area (TPSA) is 76.4 Å². The quantitative estimate of drug-likeness (QED) is 0.325. The zero-order chi connectivity index (χ0) is 10.7. The van der Waals surface area contributed by atoms with Crippen LogP contribution in [-0.4, -0.2) is 20.8 Å². The van der Waals surface area contributed by atoms with Crippen molar-refractivity contribution in [1.82, 2.24) is 9.78 Å². The first kappa shape index (κ1) is 10.6. The summed E-state index contributed by atoms with van der Waals surface area (Å²) in [4.78, 5) is 0.